The summed E-state index contributed by atoms with van der Waals surface area (Å²) in [5, 5.41) is 2.62. The molecular formula is C21H23F4N3O2. The number of urea groups is 1. The van der Waals surface area contributed by atoms with E-state index in [2.05, 4.69) is 5.32 Å². The number of hydrogen-bond acceptors (Lipinski definition) is 3. The van der Waals surface area contributed by atoms with Crippen molar-refractivity contribution in [1.29, 1.82) is 0 Å². The van der Waals surface area contributed by atoms with Gasteiger partial charge in [-0.3, -0.25) is 0 Å². The number of rotatable bonds is 5. The first-order valence-corrected chi connectivity index (χ1v) is 9.62. The summed E-state index contributed by atoms with van der Waals surface area (Å²) in [6.45, 7) is 4.10. The Labute approximate surface area is 172 Å². The van der Waals surface area contributed by atoms with Gasteiger partial charge >= 0.3 is 12.2 Å². The molecule has 0 radical (unpaired) electrons. The molecule has 30 heavy (non-hydrogen) atoms. The Balaban J connectivity index is 1.85. The summed E-state index contributed by atoms with van der Waals surface area (Å²) >= 11 is 0. The van der Waals surface area contributed by atoms with Crippen molar-refractivity contribution in [2.24, 2.45) is 0 Å². The molecule has 1 heterocycles. The summed E-state index contributed by atoms with van der Waals surface area (Å²) in [6, 6.07) is 8.60. The average molecular weight is 425 g/mol. The molecule has 1 aliphatic heterocycles. The first-order chi connectivity index (χ1) is 14.3. The number of ether oxygens (including phenoxy) is 1. The van der Waals surface area contributed by atoms with Gasteiger partial charge in [0.25, 0.3) is 0 Å². The Hall–Kier alpha value is -2.81. The summed E-state index contributed by atoms with van der Waals surface area (Å²) in [5.41, 5.74) is 0.323. The largest absolute Gasteiger partial charge is 0.416 e. The van der Waals surface area contributed by atoms with Gasteiger partial charge in [0.2, 0.25) is 0 Å². The highest BCUT2D eigenvalue weighted by Crippen LogP contribution is 2.36. The maximum Gasteiger partial charge on any atom is 0.416 e. The number of halogens is 4. The normalized spacial score (nSPS) is 14.5. The smallest absolute Gasteiger partial charge is 0.378 e. The number of carbonyl (C=O) groups is 1. The highest BCUT2D eigenvalue weighted by molar-refractivity contribution is 5.93. The van der Waals surface area contributed by atoms with E-state index < -0.39 is 23.6 Å². The summed E-state index contributed by atoms with van der Waals surface area (Å²) in [6.07, 6.45) is -4.53. The number of amides is 2. The average Bonchev–Trinajstić information content (AvgIpc) is 2.72. The van der Waals surface area contributed by atoms with Gasteiger partial charge in [-0.1, -0.05) is 12.1 Å². The van der Waals surface area contributed by atoms with Crippen LogP contribution in [0.1, 0.15) is 18.1 Å². The molecule has 1 N–H and O–H groups in total. The van der Waals surface area contributed by atoms with Crippen LogP contribution in [-0.4, -0.2) is 43.8 Å². The third kappa shape index (κ3) is 5.41. The molecule has 0 unspecified atom stereocenters. The lowest BCUT2D eigenvalue weighted by molar-refractivity contribution is -0.137. The van der Waals surface area contributed by atoms with Crippen molar-refractivity contribution in [2.45, 2.75) is 19.6 Å². The van der Waals surface area contributed by atoms with Gasteiger partial charge in [-0.2, -0.15) is 13.2 Å². The molecule has 0 bridgehead atoms. The summed E-state index contributed by atoms with van der Waals surface area (Å²) in [4.78, 5) is 16.1. The van der Waals surface area contributed by atoms with E-state index >= 15 is 0 Å². The number of hydrogen-bond donors (Lipinski definition) is 1. The fraction of sp³-hybridized carbons (Fsp3) is 0.381. The van der Waals surface area contributed by atoms with E-state index in [0.29, 0.717) is 44.1 Å². The van der Waals surface area contributed by atoms with E-state index in [-0.39, 0.29) is 12.2 Å². The second-order valence-electron chi connectivity index (χ2n) is 6.90. The first-order valence-electron chi connectivity index (χ1n) is 9.62. The Bertz CT molecular complexity index is 883. The van der Waals surface area contributed by atoms with Gasteiger partial charge in [0.15, 0.2) is 0 Å². The highest BCUT2D eigenvalue weighted by atomic mass is 19.4. The van der Waals surface area contributed by atoms with Crippen molar-refractivity contribution < 1.29 is 27.1 Å². The Morgan fingerprint density at radius 2 is 1.90 bits per heavy atom. The number of nitrogens with one attached hydrogen (secondary N) is 1. The molecule has 2 amide bonds. The van der Waals surface area contributed by atoms with Gasteiger partial charge < -0.3 is 19.9 Å². The number of benzene rings is 2. The van der Waals surface area contributed by atoms with Crippen LogP contribution in [0.4, 0.5) is 33.7 Å². The molecule has 1 fully saturated rings. The van der Waals surface area contributed by atoms with Crippen LogP contribution in [0.2, 0.25) is 0 Å². The molecule has 9 heteroatoms. The van der Waals surface area contributed by atoms with E-state index in [4.69, 9.17) is 4.74 Å². The minimum Gasteiger partial charge on any atom is -0.378 e. The van der Waals surface area contributed by atoms with E-state index in [1.165, 1.54) is 23.1 Å². The van der Waals surface area contributed by atoms with Gasteiger partial charge in [0.1, 0.15) is 5.82 Å². The molecule has 0 aliphatic carbocycles. The summed E-state index contributed by atoms with van der Waals surface area (Å²) in [7, 11) is 0. The van der Waals surface area contributed by atoms with Gasteiger partial charge in [-0.25, -0.2) is 9.18 Å². The van der Waals surface area contributed by atoms with Crippen LogP contribution in [0.3, 0.4) is 0 Å². The van der Waals surface area contributed by atoms with Gasteiger partial charge in [-0.15, -0.1) is 0 Å². The van der Waals surface area contributed by atoms with E-state index in [1.807, 2.05) is 4.90 Å². The quantitative estimate of drug-likeness (QED) is 0.705. The molecule has 1 saturated heterocycles. The molecule has 2 aromatic rings. The van der Waals surface area contributed by atoms with Crippen LogP contribution in [0, 0.1) is 5.82 Å². The maximum absolute atomic E-state index is 13.4. The number of carbonyl (C=O) groups excluding carboxylic acids is 1. The summed E-state index contributed by atoms with van der Waals surface area (Å²) < 4.78 is 58.5. The van der Waals surface area contributed by atoms with Crippen LogP contribution in [0.15, 0.2) is 42.5 Å². The molecule has 5 nitrogen and oxygen atoms in total. The first kappa shape index (κ1) is 21.9. The molecule has 0 aromatic heterocycles. The highest BCUT2D eigenvalue weighted by Gasteiger charge is 2.32. The molecule has 2 aromatic carbocycles. The minimum atomic E-state index is -4.53. The minimum absolute atomic E-state index is 0.0782. The lowest BCUT2D eigenvalue weighted by atomic mass is 10.1. The second kappa shape index (κ2) is 9.34. The van der Waals surface area contributed by atoms with Crippen molar-refractivity contribution in [1.82, 2.24) is 4.90 Å². The zero-order chi connectivity index (χ0) is 21.7. The van der Waals surface area contributed by atoms with E-state index in [9.17, 15) is 22.4 Å². The Kier molecular flexibility index (Phi) is 6.81. The van der Waals surface area contributed by atoms with Crippen LogP contribution in [0.25, 0.3) is 0 Å². The van der Waals surface area contributed by atoms with Gasteiger partial charge in [-0.05, 0) is 42.8 Å². The van der Waals surface area contributed by atoms with Crippen molar-refractivity contribution >= 4 is 17.4 Å². The SMILES string of the molecule is CCN(Cc1cccc(F)c1)C(=O)Nc1cc(C(F)(F)F)ccc1N1CCOCC1. The maximum atomic E-state index is 13.4. The van der Waals surface area contributed by atoms with E-state index in [1.54, 1.807) is 19.1 Å². The molecule has 0 saturated carbocycles. The number of alkyl halides is 3. The molecule has 0 atom stereocenters. The van der Waals surface area contributed by atoms with Crippen LogP contribution in [-0.2, 0) is 17.5 Å². The third-order valence-corrected chi connectivity index (χ3v) is 4.85. The molecule has 1 aliphatic rings. The molecule has 0 spiro atoms. The standard InChI is InChI=1S/C21H23F4N3O2/c1-2-27(14-15-4-3-5-17(22)12-15)20(29)26-18-13-16(21(23,24)25)6-7-19(18)28-8-10-30-11-9-28/h3-7,12-13H,2,8-11,14H2,1H3,(H,26,29). The van der Waals surface area contributed by atoms with Crippen molar-refractivity contribution in [3.63, 3.8) is 0 Å². The van der Waals surface area contributed by atoms with Gasteiger partial charge in [0, 0.05) is 26.2 Å². The number of anilines is 2. The fourth-order valence-electron chi connectivity index (χ4n) is 3.27. The Morgan fingerprint density at radius 1 is 1.17 bits per heavy atom. The van der Waals surface area contributed by atoms with Crippen molar-refractivity contribution in [3.05, 3.63) is 59.4 Å². The van der Waals surface area contributed by atoms with Crippen LogP contribution >= 0.6 is 0 Å². The zero-order valence-electron chi connectivity index (χ0n) is 16.5. The summed E-state index contributed by atoms with van der Waals surface area (Å²) in [5.74, 6) is -0.420. The van der Waals surface area contributed by atoms with Gasteiger partial charge in [0.05, 0.1) is 30.2 Å². The number of nitrogens with zero attached hydrogens (tertiary/aromatic N) is 2. The van der Waals surface area contributed by atoms with Crippen LogP contribution in [0.5, 0.6) is 0 Å². The van der Waals surface area contributed by atoms with E-state index in [0.717, 1.165) is 12.1 Å². The number of morpholine rings is 1. The van der Waals surface area contributed by atoms with Crippen LogP contribution < -0.4 is 10.2 Å². The monoisotopic (exact) mass is 425 g/mol. The predicted molar refractivity (Wildman–Crippen MR) is 106 cm³/mol. The van der Waals surface area contributed by atoms with Crippen molar-refractivity contribution in [3.8, 4) is 0 Å². The molecule has 3 rings (SSSR count). The second-order valence-corrected chi connectivity index (χ2v) is 6.90. The topological polar surface area (TPSA) is 44.8 Å². The molecular weight excluding hydrogens is 402 g/mol. The Morgan fingerprint density at radius 3 is 2.53 bits per heavy atom. The van der Waals surface area contributed by atoms with Crippen molar-refractivity contribution in [2.75, 3.05) is 43.1 Å². The lowest BCUT2D eigenvalue weighted by Crippen LogP contribution is -2.38. The zero-order valence-corrected chi connectivity index (χ0v) is 16.5. The predicted octanol–water partition coefficient (Wildman–Crippen LogP) is 4.74. The fourth-order valence-corrected chi connectivity index (χ4v) is 3.27. The lowest BCUT2D eigenvalue weighted by Gasteiger charge is -2.31. The third-order valence-electron chi connectivity index (χ3n) is 4.85. The molecule has 162 valence electrons.